The maximum Gasteiger partial charge on any atom is 0.246 e. The number of rotatable bonds is 3. The third-order valence-electron chi connectivity index (χ3n) is 5.56. The number of imidazole rings is 1. The Morgan fingerprint density at radius 1 is 1.09 bits per heavy atom. The number of piperazine rings is 1. The summed E-state index contributed by atoms with van der Waals surface area (Å²) in [6, 6.07) is 0.280. The highest BCUT2D eigenvalue weighted by Crippen LogP contribution is 2.30. The van der Waals surface area contributed by atoms with Gasteiger partial charge in [0.1, 0.15) is 12.6 Å². The molecule has 1 unspecified atom stereocenters. The van der Waals surface area contributed by atoms with Crippen LogP contribution >= 0.6 is 0 Å². The zero-order chi connectivity index (χ0) is 15.8. The van der Waals surface area contributed by atoms with Crippen LogP contribution in [0.1, 0.15) is 56.7 Å². The van der Waals surface area contributed by atoms with E-state index in [1.54, 1.807) is 9.80 Å². The molecule has 1 aromatic heterocycles. The van der Waals surface area contributed by atoms with E-state index in [4.69, 9.17) is 0 Å². The van der Waals surface area contributed by atoms with Gasteiger partial charge in [0, 0.05) is 18.8 Å². The largest absolute Gasteiger partial charge is 0.330 e. The van der Waals surface area contributed by atoms with Crippen LogP contribution in [0.5, 0.6) is 0 Å². The minimum atomic E-state index is -0.220. The first kappa shape index (κ1) is 14.7. The van der Waals surface area contributed by atoms with Gasteiger partial charge < -0.3 is 14.4 Å². The minimum Gasteiger partial charge on any atom is -0.330 e. The predicted octanol–water partition coefficient (Wildman–Crippen LogP) is 1.72. The van der Waals surface area contributed by atoms with Crippen molar-refractivity contribution in [1.29, 1.82) is 0 Å². The van der Waals surface area contributed by atoms with Gasteiger partial charge in [0.05, 0.1) is 18.6 Å². The van der Waals surface area contributed by atoms with Crippen LogP contribution < -0.4 is 0 Å². The average Bonchev–Trinajstić information content (AvgIpc) is 3.23. The number of carbonyl (C=O) groups excluding carboxylic acids is 2. The Bertz CT molecular complexity index is 605. The molecular weight excluding hydrogens is 292 g/mol. The first-order valence-electron chi connectivity index (χ1n) is 8.83. The van der Waals surface area contributed by atoms with Gasteiger partial charge in [-0.15, -0.1) is 0 Å². The predicted molar refractivity (Wildman–Crippen MR) is 84.5 cm³/mol. The highest BCUT2D eigenvalue weighted by Gasteiger charge is 2.42. The number of hydrogen-bond donors (Lipinski definition) is 0. The molecule has 1 aromatic rings. The molecule has 0 bridgehead atoms. The van der Waals surface area contributed by atoms with Crippen LogP contribution in [-0.2, 0) is 16.1 Å². The fraction of sp³-hybridized carbons (Fsp3) is 0.706. The van der Waals surface area contributed by atoms with E-state index in [1.807, 2.05) is 12.5 Å². The van der Waals surface area contributed by atoms with E-state index >= 15 is 0 Å². The first-order chi connectivity index (χ1) is 11.2. The maximum absolute atomic E-state index is 12.7. The van der Waals surface area contributed by atoms with E-state index in [0.29, 0.717) is 12.6 Å². The molecule has 6 heteroatoms. The lowest BCUT2D eigenvalue weighted by Crippen LogP contribution is -2.57. The Labute approximate surface area is 136 Å². The normalized spacial score (nSPS) is 26.0. The van der Waals surface area contributed by atoms with Gasteiger partial charge in [-0.1, -0.05) is 19.3 Å². The lowest BCUT2D eigenvalue weighted by Gasteiger charge is -2.36. The molecule has 4 rings (SSSR count). The third kappa shape index (κ3) is 2.64. The van der Waals surface area contributed by atoms with Gasteiger partial charge in [0.25, 0.3) is 0 Å². The Kier molecular flexibility index (Phi) is 3.83. The number of nitrogens with zero attached hydrogens (tertiary/aromatic N) is 4. The van der Waals surface area contributed by atoms with Crippen molar-refractivity contribution in [1.82, 2.24) is 19.4 Å². The summed E-state index contributed by atoms with van der Waals surface area (Å²) in [5, 5.41) is 0. The summed E-state index contributed by atoms with van der Waals surface area (Å²) in [6.07, 6.45) is 11.7. The van der Waals surface area contributed by atoms with Crippen molar-refractivity contribution in [3.8, 4) is 0 Å². The number of fused-ring (bicyclic) bond motifs is 1. The van der Waals surface area contributed by atoms with Crippen molar-refractivity contribution in [2.75, 3.05) is 13.1 Å². The molecule has 2 aliphatic heterocycles. The third-order valence-corrected chi connectivity index (χ3v) is 5.56. The van der Waals surface area contributed by atoms with Crippen molar-refractivity contribution in [2.24, 2.45) is 0 Å². The summed E-state index contributed by atoms with van der Waals surface area (Å²) >= 11 is 0. The molecule has 1 aliphatic carbocycles. The molecule has 124 valence electrons. The van der Waals surface area contributed by atoms with Gasteiger partial charge in [-0.25, -0.2) is 4.98 Å². The van der Waals surface area contributed by atoms with Crippen LogP contribution in [0.2, 0.25) is 0 Å². The van der Waals surface area contributed by atoms with Crippen LogP contribution in [-0.4, -0.2) is 50.3 Å². The fourth-order valence-electron chi connectivity index (χ4n) is 4.34. The smallest absolute Gasteiger partial charge is 0.246 e. The van der Waals surface area contributed by atoms with E-state index in [9.17, 15) is 9.59 Å². The maximum atomic E-state index is 12.7. The molecule has 3 aliphatic rings. The van der Waals surface area contributed by atoms with Gasteiger partial charge in [0.2, 0.25) is 11.8 Å². The topological polar surface area (TPSA) is 58.4 Å². The molecule has 1 saturated carbocycles. The second-order valence-electron chi connectivity index (χ2n) is 7.02. The van der Waals surface area contributed by atoms with Crippen molar-refractivity contribution < 1.29 is 9.59 Å². The Balaban J connectivity index is 1.51. The number of hydrogen-bond acceptors (Lipinski definition) is 3. The first-order valence-corrected chi connectivity index (χ1v) is 8.83. The molecule has 3 fully saturated rings. The quantitative estimate of drug-likeness (QED) is 0.853. The van der Waals surface area contributed by atoms with Crippen molar-refractivity contribution in [3.05, 3.63) is 18.2 Å². The van der Waals surface area contributed by atoms with Gasteiger partial charge in [-0.2, -0.15) is 0 Å². The van der Waals surface area contributed by atoms with Crippen molar-refractivity contribution in [2.45, 2.75) is 63.6 Å². The average molecular weight is 316 g/mol. The summed E-state index contributed by atoms with van der Waals surface area (Å²) in [4.78, 5) is 32.7. The van der Waals surface area contributed by atoms with Gasteiger partial charge in [0.15, 0.2) is 0 Å². The number of amides is 2. The molecule has 23 heavy (non-hydrogen) atoms. The Hall–Kier alpha value is -1.85. The fourth-order valence-corrected chi connectivity index (χ4v) is 4.34. The van der Waals surface area contributed by atoms with Crippen molar-refractivity contribution >= 4 is 11.8 Å². The van der Waals surface area contributed by atoms with Crippen molar-refractivity contribution in [3.63, 3.8) is 0 Å². The van der Waals surface area contributed by atoms with Crippen LogP contribution in [0.15, 0.2) is 12.5 Å². The zero-order valence-corrected chi connectivity index (χ0v) is 13.5. The second-order valence-corrected chi connectivity index (χ2v) is 7.02. The summed E-state index contributed by atoms with van der Waals surface area (Å²) in [5.74, 6) is 0.203. The van der Waals surface area contributed by atoms with E-state index < -0.39 is 0 Å². The minimum absolute atomic E-state index is 0.0934. The summed E-state index contributed by atoms with van der Waals surface area (Å²) in [7, 11) is 0. The van der Waals surface area contributed by atoms with Crippen LogP contribution in [0.25, 0.3) is 0 Å². The molecule has 0 radical (unpaired) electrons. The van der Waals surface area contributed by atoms with Crippen LogP contribution in [0, 0.1) is 0 Å². The number of aromatic nitrogens is 2. The second kappa shape index (κ2) is 5.98. The molecule has 0 aromatic carbocycles. The van der Waals surface area contributed by atoms with E-state index in [-0.39, 0.29) is 24.4 Å². The molecule has 3 heterocycles. The summed E-state index contributed by atoms with van der Waals surface area (Å²) in [6.45, 7) is 1.46. The van der Waals surface area contributed by atoms with E-state index in [0.717, 1.165) is 25.1 Å². The van der Waals surface area contributed by atoms with Crippen LogP contribution in [0.4, 0.5) is 0 Å². The zero-order valence-electron chi connectivity index (χ0n) is 13.5. The molecule has 0 N–H and O–H groups in total. The standard InChI is InChI=1S/C17H24N4O2/c22-16-11-19(17(23)15-7-4-8-20(15)16)10-14-9-18-12-21(14)13-5-2-1-3-6-13/h9,12-13,15H,1-8,10-11H2. The number of carbonyl (C=O) groups is 2. The Morgan fingerprint density at radius 2 is 1.91 bits per heavy atom. The summed E-state index contributed by atoms with van der Waals surface area (Å²) < 4.78 is 2.23. The SMILES string of the molecule is O=C1C2CCCN2C(=O)CN1Cc1cncn1C1CCCCC1. The molecule has 6 nitrogen and oxygen atoms in total. The molecule has 2 amide bonds. The van der Waals surface area contributed by atoms with Crippen LogP contribution in [0.3, 0.4) is 0 Å². The highest BCUT2D eigenvalue weighted by atomic mass is 16.2. The van der Waals surface area contributed by atoms with Gasteiger partial charge in [-0.05, 0) is 25.7 Å². The van der Waals surface area contributed by atoms with E-state index in [2.05, 4.69) is 9.55 Å². The lowest BCUT2D eigenvalue weighted by molar-refractivity contribution is -0.154. The highest BCUT2D eigenvalue weighted by molar-refractivity contribution is 5.95. The van der Waals surface area contributed by atoms with Gasteiger partial charge >= 0.3 is 0 Å². The molecule has 2 saturated heterocycles. The molecule has 1 atom stereocenters. The molecular formula is C17H24N4O2. The lowest BCUT2D eigenvalue weighted by atomic mass is 9.95. The Morgan fingerprint density at radius 3 is 2.74 bits per heavy atom. The van der Waals surface area contributed by atoms with Gasteiger partial charge in [-0.3, -0.25) is 9.59 Å². The van der Waals surface area contributed by atoms with E-state index in [1.165, 1.54) is 32.1 Å². The molecule has 0 spiro atoms. The summed E-state index contributed by atoms with van der Waals surface area (Å²) in [5.41, 5.74) is 1.06. The monoisotopic (exact) mass is 316 g/mol.